The Morgan fingerprint density at radius 2 is 2.05 bits per heavy atom. The Bertz CT molecular complexity index is 511. The normalized spacial score (nSPS) is 11.6. The highest BCUT2D eigenvalue weighted by molar-refractivity contribution is 7.89. The third kappa shape index (κ3) is 6.67. The molecular formula is C11H18N2O4S2. The van der Waals surface area contributed by atoms with Crippen molar-refractivity contribution in [2.45, 2.75) is 19.9 Å². The van der Waals surface area contributed by atoms with Crippen LogP contribution < -0.4 is 10.0 Å². The predicted molar refractivity (Wildman–Crippen MR) is 74.8 cm³/mol. The van der Waals surface area contributed by atoms with Gasteiger partial charge in [-0.2, -0.15) is 0 Å². The molecule has 0 atom stereocenters. The molecule has 1 aromatic rings. The van der Waals surface area contributed by atoms with E-state index in [1.165, 1.54) is 11.3 Å². The Morgan fingerprint density at radius 3 is 2.68 bits per heavy atom. The molecule has 0 bridgehead atoms. The molecule has 0 aromatic carbocycles. The lowest BCUT2D eigenvalue weighted by Crippen LogP contribution is -2.31. The molecule has 19 heavy (non-hydrogen) atoms. The quantitative estimate of drug-likeness (QED) is 0.574. The van der Waals surface area contributed by atoms with Crippen molar-refractivity contribution in [2.75, 3.05) is 18.8 Å². The first kappa shape index (κ1) is 16.1. The van der Waals surface area contributed by atoms with Gasteiger partial charge in [0.05, 0.1) is 12.2 Å². The summed E-state index contributed by atoms with van der Waals surface area (Å²) in [6, 6.07) is 3.64. The lowest BCUT2D eigenvalue weighted by Gasteiger charge is -2.05. The highest BCUT2D eigenvalue weighted by Gasteiger charge is 2.08. The Kier molecular flexibility index (Phi) is 6.43. The van der Waals surface area contributed by atoms with Gasteiger partial charge in [0, 0.05) is 29.4 Å². The maximum atomic E-state index is 11.4. The molecule has 108 valence electrons. The molecule has 1 rings (SSSR count). The van der Waals surface area contributed by atoms with E-state index < -0.39 is 16.0 Å². The number of hydrogen-bond donors (Lipinski definition) is 3. The molecule has 8 heteroatoms. The average Bonchev–Trinajstić information content (AvgIpc) is 2.71. The number of thiophene rings is 1. The highest BCUT2D eigenvalue weighted by Crippen LogP contribution is 2.16. The van der Waals surface area contributed by atoms with Crippen LogP contribution in [0.2, 0.25) is 0 Å². The van der Waals surface area contributed by atoms with Gasteiger partial charge in [0.25, 0.3) is 0 Å². The van der Waals surface area contributed by atoms with Gasteiger partial charge in [-0.25, -0.2) is 13.1 Å². The second kappa shape index (κ2) is 7.59. The fraction of sp³-hybridized carbons (Fsp3) is 0.545. The number of carboxylic acid groups (broad SMARTS) is 1. The summed E-state index contributed by atoms with van der Waals surface area (Å²) in [5.74, 6) is -0.813. The van der Waals surface area contributed by atoms with E-state index in [2.05, 4.69) is 10.0 Å². The molecular weight excluding hydrogens is 288 g/mol. The van der Waals surface area contributed by atoms with Crippen molar-refractivity contribution >= 4 is 27.3 Å². The van der Waals surface area contributed by atoms with Crippen molar-refractivity contribution in [1.82, 2.24) is 10.0 Å². The lowest BCUT2D eigenvalue weighted by molar-refractivity contribution is -0.136. The zero-order chi connectivity index (χ0) is 14.3. The van der Waals surface area contributed by atoms with Crippen LogP contribution in [-0.2, 0) is 27.8 Å². The SMILES string of the molecule is CCNS(=O)(=O)CCNCc1ccc(CC(=O)O)s1. The van der Waals surface area contributed by atoms with Crippen LogP contribution in [0.3, 0.4) is 0 Å². The van der Waals surface area contributed by atoms with Crippen LogP contribution in [0.15, 0.2) is 12.1 Å². The molecule has 3 N–H and O–H groups in total. The summed E-state index contributed by atoms with van der Waals surface area (Å²) in [6.45, 7) is 3.04. The van der Waals surface area contributed by atoms with Crippen LogP contribution in [0.1, 0.15) is 16.7 Å². The third-order valence-corrected chi connectivity index (χ3v) is 4.81. The second-order valence-corrected chi connectivity index (χ2v) is 7.11. The first-order valence-corrected chi connectivity index (χ1v) is 8.37. The van der Waals surface area contributed by atoms with Gasteiger partial charge in [0.15, 0.2) is 0 Å². The van der Waals surface area contributed by atoms with E-state index in [0.29, 0.717) is 19.6 Å². The summed E-state index contributed by atoms with van der Waals surface area (Å²) in [7, 11) is -3.18. The standard InChI is InChI=1S/C11H18N2O4S2/c1-2-13-19(16,17)6-5-12-8-10-4-3-9(18-10)7-11(14)15/h3-4,12-13H,2,5-8H2,1H3,(H,14,15). The molecule has 0 radical (unpaired) electrons. The second-order valence-electron chi connectivity index (χ2n) is 3.93. The van der Waals surface area contributed by atoms with Crippen molar-refractivity contribution in [3.05, 3.63) is 21.9 Å². The van der Waals surface area contributed by atoms with Gasteiger partial charge in [-0.3, -0.25) is 4.79 Å². The van der Waals surface area contributed by atoms with Crippen LogP contribution in [0, 0.1) is 0 Å². The maximum absolute atomic E-state index is 11.4. The van der Waals surface area contributed by atoms with Crippen LogP contribution >= 0.6 is 11.3 Å². The summed E-state index contributed by atoms with van der Waals surface area (Å²) < 4.78 is 25.1. The van der Waals surface area contributed by atoms with Gasteiger partial charge in [0.1, 0.15) is 0 Å². The predicted octanol–water partition coefficient (Wildman–Crippen LogP) is 0.404. The minimum Gasteiger partial charge on any atom is -0.481 e. The van der Waals surface area contributed by atoms with E-state index in [1.54, 1.807) is 13.0 Å². The molecule has 0 aliphatic carbocycles. The molecule has 0 aliphatic heterocycles. The van der Waals surface area contributed by atoms with E-state index in [1.807, 2.05) is 6.07 Å². The molecule has 0 saturated heterocycles. The fourth-order valence-electron chi connectivity index (χ4n) is 1.47. The third-order valence-electron chi connectivity index (χ3n) is 2.25. The molecule has 6 nitrogen and oxygen atoms in total. The number of carboxylic acids is 1. The Hall–Kier alpha value is -0.960. The van der Waals surface area contributed by atoms with Gasteiger partial charge < -0.3 is 10.4 Å². The summed E-state index contributed by atoms with van der Waals surface area (Å²) in [5.41, 5.74) is 0. The summed E-state index contributed by atoms with van der Waals surface area (Å²) in [5, 5.41) is 11.7. The van der Waals surface area contributed by atoms with E-state index in [-0.39, 0.29) is 12.2 Å². The smallest absolute Gasteiger partial charge is 0.308 e. The van der Waals surface area contributed by atoms with Gasteiger partial charge >= 0.3 is 5.97 Å². The molecule has 0 aliphatic rings. The molecule has 0 fully saturated rings. The first-order valence-electron chi connectivity index (χ1n) is 5.90. The Morgan fingerprint density at radius 1 is 1.37 bits per heavy atom. The number of carbonyl (C=O) groups is 1. The van der Waals surface area contributed by atoms with Crippen molar-refractivity contribution < 1.29 is 18.3 Å². The maximum Gasteiger partial charge on any atom is 0.308 e. The monoisotopic (exact) mass is 306 g/mol. The van der Waals surface area contributed by atoms with Crippen LogP contribution in [0.4, 0.5) is 0 Å². The summed E-state index contributed by atoms with van der Waals surface area (Å²) >= 11 is 1.42. The number of hydrogen-bond acceptors (Lipinski definition) is 5. The van der Waals surface area contributed by atoms with E-state index >= 15 is 0 Å². The van der Waals surface area contributed by atoms with Crippen LogP contribution in [-0.4, -0.2) is 38.3 Å². The Labute approximate surface area is 116 Å². The number of aliphatic carboxylic acids is 1. The van der Waals surface area contributed by atoms with Crippen molar-refractivity contribution in [3.63, 3.8) is 0 Å². The summed E-state index contributed by atoms with van der Waals surface area (Å²) in [6.07, 6.45) is 0.0272. The minimum atomic E-state index is -3.18. The van der Waals surface area contributed by atoms with Crippen molar-refractivity contribution in [1.29, 1.82) is 0 Å². The first-order chi connectivity index (χ1) is 8.93. The van der Waals surface area contributed by atoms with E-state index in [0.717, 1.165) is 9.75 Å². The Balaban J connectivity index is 2.30. The highest BCUT2D eigenvalue weighted by atomic mass is 32.2. The molecule has 1 aromatic heterocycles. The van der Waals surface area contributed by atoms with Gasteiger partial charge in [0.2, 0.25) is 10.0 Å². The van der Waals surface area contributed by atoms with E-state index in [4.69, 9.17) is 5.11 Å². The minimum absolute atomic E-state index is 0.0272. The number of nitrogens with one attached hydrogen (secondary N) is 2. The molecule has 0 saturated carbocycles. The lowest BCUT2D eigenvalue weighted by atomic mass is 10.3. The van der Waals surface area contributed by atoms with Gasteiger partial charge in [-0.05, 0) is 12.1 Å². The average molecular weight is 306 g/mol. The summed E-state index contributed by atoms with van der Waals surface area (Å²) in [4.78, 5) is 12.3. The molecule has 0 unspecified atom stereocenters. The van der Waals surface area contributed by atoms with Gasteiger partial charge in [-0.15, -0.1) is 11.3 Å². The van der Waals surface area contributed by atoms with Crippen LogP contribution in [0.5, 0.6) is 0 Å². The number of sulfonamides is 1. The van der Waals surface area contributed by atoms with E-state index in [9.17, 15) is 13.2 Å². The molecule has 0 amide bonds. The fourth-order valence-corrected chi connectivity index (χ4v) is 3.45. The number of rotatable bonds is 9. The zero-order valence-electron chi connectivity index (χ0n) is 10.7. The largest absolute Gasteiger partial charge is 0.481 e. The van der Waals surface area contributed by atoms with Crippen molar-refractivity contribution in [3.8, 4) is 0 Å². The molecule has 1 heterocycles. The zero-order valence-corrected chi connectivity index (χ0v) is 12.3. The van der Waals surface area contributed by atoms with Crippen molar-refractivity contribution in [2.24, 2.45) is 0 Å². The van der Waals surface area contributed by atoms with Crippen LogP contribution in [0.25, 0.3) is 0 Å². The topological polar surface area (TPSA) is 95.5 Å². The molecule has 0 spiro atoms. The van der Waals surface area contributed by atoms with Gasteiger partial charge in [-0.1, -0.05) is 6.92 Å².